The summed E-state index contributed by atoms with van der Waals surface area (Å²) in [6, 6.07) is 10.3. The van der Waals surface area contributed by atoms with E-state index in [4.69, 9.17) is 4.42 Å². The van der Waals surface area contributed by atoms with E-state index in [1.54, 1.807) is 12.1 Å². The Kier molecular flexibility index (Phi) is 5.75. The minimum absolute atomic E-state index is 0.190. The molecule has 0 radical (unpaired) electrons. The first-order valence-corrected chi connectivity index (χ1v) is 10.3. The Morgan fingerprint density at radius 1 is 1.19 bits per heavy atom. The maximum atomic E-state index is 12.4. The number of urea groups is 1. The van der Waals surface area contributed by atoms with E-state index in [2.05, 4.69) is 15.6 Å². The van der Waals surface area contributed by atoms with Gasteiger partial charge in [-0.15, -0.1) is 0 Å². The van der Waals surface area contributed by atoms with Gasteiger partial charge in [0.05, 0.1) is 24.1 Å². The first-order chi connectivity index (χ1) is 14.9. The topological polar surface area (TPSA) is 104 Å². The number of rotatable bonds is 5. The number of carbonyl (C=O) groups excluding carboxylic acids is 2. The molecule has 7 heteroatoms. The molecule has 31 heavy (non-hydrogen) atoms. The van der Waals surface area contributed by atoms with Crippen molar-refractivity contribution in [3.63, 3.8) is 0 Å². The molecule has 1 aromatic carbocycles. The Hall–Kier alpha value is -3.61. The highest BCUT2D eigenvalue weighted by molar-refractivity contribution is 6.08. The summed E-state index contributed by atoms with van der Waals surface area (Å²) in [5.74, 6) is 1.70. The van der Waals surface area contributed by atoms with E-state index in [0.29, 0.717) is 42.9 Å². The summed E-state index contributed by atoms with van der Waals surface area (Å²) in [7, 11) is 0. The van der Waals surface area contributed by atoms with Gasteiger partial charge in [0.2, 0.25) is 0 Å². The van der Waals surface area contributed by atoms with Crippen LogP contribution in [0.5, 0.6) is 0 Å². The molecule has 0 fully saturated rings. The molecule has 1 aromatic heterocycles. The molecule has 0 spiro atoms. The van der Waals surface area contributed by atoms with Crippen LogP contribution < -0.4 is 10.6 Å². The second kappa shape index (κ2) is 8.63. The highest BCUT2D eigenvalue weighted by Gasteiger charge is 2.26. The number of allylic oxidation sites excluding steroid dienone is 4. The third-order valence-electron chi connectivity index (χ3n) is 5.57. The van der Waals surface area contributed by atoms with E-state index < -0.39 is 0 Å². The third-order valence-corrected chi connectivity index (χ3v) is 5.57. The van der Waals surface area contributed by atoms with Gasteiger partial charge in [0.15, 0.2) is 0 Å². The van der Waals surface area contributed by atoms with Crippen molar-refractivity contribution in [3.05, 3.63) is 82.0 Å². The summed E-state index contributed by atoms with van der Waals surface area (Å²) in [6.45, 7) is 4.04. The molecule has 160 valence electrons. The van der Waals surface area contributed by atoms with Gasteiger partial charge in [0.25, 0.3) is 5.91 Å². The SMILES string of the molecule is CC1=C(O)CCC(C2=NC(=O)NC(c3ccc(C(=O)NCc4ccc(C)o4)cc3)C2)=C1. The number of hydrogen-bond acceptors (Lipinski definition) is 4. The monoisotopic (exact) mass is 419 g/mol. The number of furan rings is 1. The van der Waals surface area contributed by atoms with E-state index in [9.17, 15) is 14.7 Å². The molecule has 0 saturated carbocycles. The van der Waals surface area contributed by atoms with Crippen LogP contribution in [0.1, 0.15) is 59.7 Å². The minimum atomic E-state index is -0.376. The van der Waals surface area contributed by atoms with Crippen molar-refractivity contribution in [2.24, 2.45) is 4.99 Å². The molecule has 1 atom stereocenters. The maximum absolute atomic E-state index is 12.4. The van der Waals surface area contributed by atoms with Crippen LogP contribution in [-0.2, 0) is 6.54 Å². The second-order valence-corrected chi connectivity index (χ2v) is 7.88. The van der Waals surface area contributed by atoms with Crippen molar-refractivity contribution in [1.82, 2.24) is 10.6 Å². The van der Waals surface area contributed by atoms with Crippen molar-refractivity contribution in [2.45, 2.75) is 45.7 Å². The fraction of sp³-hybridized carbons (Fsp3) is 0.292. The van der Waals surface area contributed by atoms with Gasteiger partial charge in [-0.3, -0.25) is 4.79 Å². The van der Waals surface area contributed by atoms with Crippen LogP contribution >= 0.6 is 0 Å². The van der Waals surface area contributed by atoms with E-state index in [-0.39, 0.29) is 18.0 Å². The number of aliphatic imine (C=N–C) groups is 1. The van der Waals surface area contributed by atoms with Gasteiger partial charge in [-0.25, -0.2) is 4.79 Å². The van der Waals surface area contributed by atoms with Gasteiger partial charge in [0, 0.05) is 18.4 Å². The summed E-state index contributed by atoms with van der Waals surface area (Å²) in [5.41, 5.74) is 3.99. The molecular weight excluding hydrogens is 394 g/mol. The Bertz CT molecular complexity index is 1110. The first kappa shape index (κ1) is 20.7. The van der Waals surface area contributed by atoms with Crippen molar-refractivity contribution >= 4 is 17.6 Å². The standard InChI is InChI=1S/C24H25N3O4/c1-14-11-18(8-10-22(14)28)21-12-20(26-24(30)27-21)16-4-6-17(7-5-16)23(29)25-13-19-9-3-15(2)31-19/h3-7,9,11,20,28H,8,10,12-13H2,1-2H3,(H,25,29)(H,26,30). The van der Waals surface area contributed by atoms with Crippen molar-refractivity contribution in [3.8, 4) is 0 Å². The quantitative estimate of drug-likeness (QED) is 0.655. The largest absolute Gasteiger partial charge is 0.512 e. The lowest BCUT2D eigenvalue weighted by Crippen LogP contribution is -2.34. The van der Waals surface area contributed by atoms with Crippen LogP contribution in [-0.4, -0.2) is 22.8 Å². The lowest BCUT2D eigenvalue weighted by atomic mass is 9.89. The molecule has 2 heterocycles. The van der Waals surface area contributed by atoms with Crippen LogP contribution in [0.25, 0.3) is 0 Å². The van der Waals surface area contributed by atoms with Gasteiger partial charge in [-0.2, -0.15) is 4.99 Å². The number of aliphatic hydroxyl groups excluding tert-OH is 1. The summed E-state index contributed by atoms with van der Waals surface area (Å²) >= 11 is 0. The Morgan fingerprint density at radius 2 is 1.97 bits per heavy atom. The normalized spacial score (nSPS) is 18.9. The van der Waals surface area contributed by atoms with E-state index in [1.807, 2.05) is 44.2 Å². The van der Waals surface area contributed by atoms with E-state index in [1.165, 1.54) is 0 Å². The van der Waals surface area contributed by atoms with Gasteiger partial charge in [-0.1, -0.05) is 18.2 Å². The molecule has 3 amide bonds. The van der Waals surface area contributed by atoms with Crippen LogP contribution in [0.2, 0.25) is 0 Å². The molecule has 0 bridgehead atoms. The summed E-state index contributed by atoms with van der Waals surface area (Å²) < 4.78 is 5.46. The summed E-state index contributed by atoms with van der Waals surface area (Å²) in [4.78, 5) is 28.8. The molecule has 2 aromatic rings. The summed E-state index contributed by atoms with van der Waals surface area (Å²) in [5, 5.41) is 15.6. The van der Waals surface area contributed by atoms with Crippen LogP contribution in [0.15, 0.2) is 68.8 Å². The molecule has 1 aliphatic heterocycles. The van der Waals surface area contributed by atoms with Gasteiger partial charge >= 0.3 is 6.03 Å². The smallest absolute Gasteiger partial charge is 0.341 e. The number of aryl methyl sites for hydroxylation is 1. The van der Waals surface area contributed by atoms with Crippen molar-refractivity contribution < 1.29 is 19.1 Å². The number of benzene rings is 1. The molecule has 4 rings (SSSR count). The number of nitrogens with one attached hydrogen (secondary N) is 2. The molecule has 1 aliphatic carbocycles. The first-order valence-electron chi connectivity index (χ1n) is 10.3. The molecule has 7 nitrogen and oxygen atoms in total. The minimum Gasteiger partial charge on any atom is -0.512 e. The lowest BCUT2D eigenvalue weighted by molar-refractivity contribution is 0.0947. The number of amides is 3. The fourth-order valence-electron chi connectivity index (χ4n) is 3.81. The van der Waals surface area contributed by atoms with Crippen LogP contribution in [0, 0.1) is 6.92 Å². The number of hydrogen-bond donors (Lipinski definition) is 3. The molecule has 3 N–H and O–H groups in total. The Balaban J connectivity index is 1.43. The third kappa shape index (κ3) is 4.77. The fourth-order valence-corrected chi connectivity index (χ4v) is 3.81. The highest BCUT2D eigenvalue weighted by Crippen LogP contribution is 2.29. The Morgan fingerprint density at radius 3 is 2.65 bits per heavy atom. The zero-order chi connectivity index (χ0) is 22.0. The van der Waals surface area contributed by atoms with Gasteiger partial charge in [0.1, 0.15) is 11.5 Å². The number of aliphatic hydroxyl groups is 1. The second-order valence-electron chi connectivity index (χ2n) is 7.88. The van der Waals surface area contributed by atoms with Crippen molar-refractivity contribution in [2.75, 3.05) is 0 Å². The predicted molar refractivity (Wildman–Crippen MR) is 117 cm³/mol. The molecule has 2 aliphatic rings. The number of nitrogens with zero attached hydrogens (tertiary/aromatic N) is 1. The van der Waals surface area contributed by atoms with E-state index >= 15 is 0 Å². The average Bonchev–Trinajstić information content (AvgIpc) is 3.18. The summed E-state index contributed by atoms with van der Waals surface area (Å²) in [6.07, 6.45) is 3.69. The zero-order valence-corrected chi connectivity index (χ0v) is 17.6. The maximum Gasteiger partial charge on any atom is 0.341 e. The Labute approximate surface area is 180 Å². The highest BCUT2D eigenvalue weighted by atomic mass is 16.3. The van der Waals surface area contributed by atoms with Crippen LogP contribution in [0.3, 0.4) is 0 Å². The van der Waals surface area contributed by atoms with E-state index in [0.717, 1.165) is 28.2 Å². The molecule has 0 saturated heterocycles. The van der Waals surface area contributed by atoms with Crippen molar-refractivity contribution in [1.29, 1.82) is 0 Å². The zero-order valence-electron chi connectivity index (χ0n) is 17.6. The average molecular weight is 419 g/mol. The predicted octanol–water partition coefficient (Wildman–Crippen LogP) is 4.67. The lowest BCUT2D eigenvalue weighted by Gasteiger charge is -2.26. The van der Waals surface area contributed by atoms with Gasteiger partial charge in [-0.05, 0) is 61.2 Å². The van der Waals surface area contributed by atoms with Crippen LogP contribution in [0.4, 0.5) is 4.79 Å². The molecule has 1 unspecified atom stereocenters. The van der Waals surface area contributed by atoms with Gasteiger partial charge < -0.3 is 20.2 Å². The number of carbonyl (C=O) groups is 2. The molecular formula is C24H25N3O4.